The van der Waals surface area contributed by atoms with Crippen molar-refractivity contribution < 1.29 is 9.47 Å². The molecule has 0 amide bonds. The molecule has 0 aliphatic carbocycles. The smallest absolute Gasteiger partial charge is 0.165 e. The largest absolute Gasteiger partial charge is 0.493 e. The summed E-state index contributed by atoms with van der Waals surface area (Å²) in [4.78, 5) is 0. The summed E-state index contributed by atoms with van der Waals surface area (Å²) >= 11 is 5.90. The number of halogens is 1. The van der Waals surface area contributed by atoms with Gasteiger partial charge in [-0.1, -0.05) is 11.6 Å². The molecule has 1 unspecified atom stereocenters. The molecule has 0 bridgehead atoms. The Labute approximate surface area is 82.4 Å². The average Bonchev–Trinajstić information content (AvgIpc) is 2.43. The van der Waals surface area contributed by atoms with Gasteiger partial charge in [0.05, 0.1) is 7.11 Å². The fourth-order valence-electron chi connectivity index (χ4n) is 1.51. The van der Waals surface area contributed by atoms with Gasteiger partial charge in [-0.15, -0.1) is 0 Å². The molecular formula is C10H10ClO2. The van der Waals surface area contributed by atoms with Gasteiger partial charge in [-0.25, -0.2) is 0 Å². The topological polar surface area (TPSA) is 18.5 Å². The van der Waals surface area contributed by atoms with Crippen LogP contribution < -0.4 is 9.47 Å². The van der Waals surface area contributed by atoms with Crippen LogP contribution in [0.4, 0.5) is 0 Å². The molecule has 0 saturated carbocycles. The van der Waals surface area contributed by atoms with Gasteiger partial charge in [-0.3, -0.25) is 0 Å². The van der Waals surface area contributed by atoms with Crippen LogP contribution in [0.3, 0.4) is 0 Å². The van der Waals surface area contributed by atoms with Crippen LogP contribution in [0.25, 0.3) is 0 Å². The highest BCUT2D eigenvalue weighted by Gasteiger charge is 2.23. The molecular weight excluding hydrogens is 188 g/mol. The van der Waals surface area contributed by atoms with Gasteiger partial charge in [-0.05, 0) is 13.0 Å². The third-order valence-corrected chi connectivity index (χ3v) is 2.27. The van der Waals surface area contributed by atoms with E-state index in [1.165, 1.54) is 0 Å². The Morgan fingerprint density at radius 3 is 3.08 bits per heavy atom. The van der Waals surface area contributed by atoms with E-state index in [1.54, 1.807) is 13.2 Å². The van der Waals surface area contributed by atoms with Crippen LogP contribution in [0, 0.1) is 6.92 Å². The molecule has 0 saturated heterocycles. The third kappa shape index (κ3) is 1.46. The van der Waals surface area contributed by atoms with Crippen LogP contribution in [-0.2, 0) is 6.42 Å². The van der Waals surface area contributed by atoms with Gasteiger partial charge in [0.2, 0.25) is 0 Å². The van der Waals surface area contributed by atoms with Crippen molar-refractivity contribution in [2.75, 3.05) is 7.11 Å². The third-order valence-electron chi connectivity index (χ3n) is 2.05. The highest BCUT2D eigenvalue weighted by atomic mass is 35.5. The second kappa shape index (κ2) is 3.11. The number of ether oxygens (including phenoxy) is 2. The standard InChI is InChI=1S/C10H10ClO2/c1-6-3-7-4-8(11)5-9(12-2)10(7)13-6/h4-6H,1,3H2,2H3. The number of benzene rings is 1. The van der Waals surface area contributed by atoms with Crippen molar-refractivity contribution in [1.29, 1.82) is 0 Å². The van der Waals surface area contributed by atoms with Crippen molar-refractivity contribution in [2.24, 2.45) is 0 Å². The van der Waals surface area contributed by atoms with Crippen molar-refractivity contribution in [2.45, 2.75) is 12.5 Å². The van der Waals surface area contributed by atoms with E-state index < -0.39 is 0 Å². The maximum absolute atomic E-state index is 5.90. The molecule has 0 fully saturated rings. The van der Waals surface area contributed by atoms with Crippen LogP contribution in [0.2, 0.25) is 5.02 Å². The fourth-order valence-corrected chi connectivity index (χ4v) is 1.74. The zero-order valence-corrected chi connectivity index (χ0v) is 8.10. The first-order valence-corrected chi connectivity index (χ1v) is 4.44. The number of methoxy groups -OCH3 is 1. The number of rotatable bonds is 1. The first-order valence-electron chi connectivity index (χ1n) is 4.07. The van der Waals surface area contributed by atoms with E-state index in [2.05, 4.69) is 6.92 Å². The molecule has 0 spiro atoms. The minimum absolute atomic E-state index is 0.0256. The normalized spacial score (nSPS) is 19.5. The van der Waals surface area contributed by atoms with E-state index in [9.17, 15) is 0 Å². The fraction of sp³-hybridized carbons (Fsp3) is 0.300. The van der Waals surface area contributed by atoms with E-state index in [1.807, 2.05) is 6.07 Å². The summed E-state index contributed by atoms with van der Waals surface area (Å²) in [6.45, 7) is 3.84. The number of fused-ring (bicyclic) bond motifs is 1. The Hall–Kier alpha value is -0.890. The van der Waals surface area contributed by atoms with E-state index >= 15 is 0 Å². The molecule has 1 atom stereocenters. The van der Waals surface area contributed by atoms with Crippen LogP contribution in [0.15, 0.2) is 12.1 Å². The predicted molar refractivity (Wildman–Crippen MR) is 51.5 cm³/mol. The zero-order chi connectivity index (χ0) is 9.42. The van der Waals surface area contributed by atoms with Crippen molar-refractivity contribution >= 4 is 11.6 Å². The van der Waals surface area contributed by atoms with Gasteiger partial charge < -0.3 is 9.47 Å². The van der Waals surface area contributed by atoms with E-state index in [0.29, 0.717) is 10.8 Å². The van der Waals surface area contributed by atoms with E-state index in [4.69, 9.17) is 21.1 Å². The molecule has 13 heavy (non-hydrogen) atoms. The Kier molecular flexibility index (Phi) is 2.08. The average molecular weight is 198 g/mol. The molecule has 1 heterocycles. The van der Waals surface area contributed by atoms with Gasteiger partial charge in [0.1, 0.15) is 6.10 Å². The lowest BCUT2D eigenvalue weighted by Crippen LogP contribution is -2.06. The van der Waals surface area contributed by atoms with Gasteiger partial charge in [0.25, 0.3) is 0 Å². The van der Waals surface area contributed by atoms with E-state index in [0.717, 1.165) is 17.7 Å². The maximum atomic E-state index is 5.90. The summed E-state index contributed by atoms with van der Waals surface area (Å²) in [6, 6.07) is 3.64. The molecule has 3 heteroatoms. The van der Waals surface area contributed by atoms with Gasteiger partial charge in [-0.2, -0.15) is 0 Å². The van der Waals surface area contributed by atoms with Gasteiger partial charge >= 0.3 is 0 Å². The molecule has 1 aromatic rings. The van der Waals surface area contributed by atoms with Crippen LogP contribution in [-0.4, -0.2) is 13.2 Å². The Morgan fingerprint density at radius 1 is 1.62 bits per heavy atom. The second-order valence-electron chi connectivity index (χ2n) is 3.04. The second-order valence-corrected chi connectivity index (χ2v) is 3.48. The van der Waals surface area contributed by atoms with Crippen LogP contribution in [0.5, 0.6) is 11.5 Å². The monoisotopic (exact) mass is 197 g/mol. The highest BCUT2D eigenvalue weighted by molar-refractivity contribution is 6.30. The molecule has 2 rings (SSSR count). The van der Waals surface area contributed by atoms with Crippen LogP contribution >= 0.6 is 11.6 Å². The zero-order valence-electron chi connectivity index (χ0n) is 7.34. The van der Waals surface area contributed by atoms with Crippen molar-refractivity contribution in [3.8, 4) is 11.5 Å². The summed E-state index contributed by atoms with van der Waals surface area (Å²) in [5.74, 6) is 1.47. The Morgan fingerprint density at radius 2 is 2.38 bits per heavy atom. The minimum atomic E-state index is -0.0256. The van der Waals surface area contributed by atoms with E-state index in [-0.39, 0.29) is 6.10 Å². The van der Waals surface area contributed by atoms with Crippen molar-refractivity contribution in [3.63, 3.8) is 0 Å². The lowest BCUT2D eigenvalue weighted by molar-refractivity contribution is 0.266. The lowest BCUT2D eigenvalue weighted by Gasteiger charge is -2.07. The maximum Gasteiger partial charge on any atom is 0.165 e. The first kappa shape index (κ1) is 8.70. The molecule has 1 radical (unpaired) electrons. The summed E-state index contributed by atoms with van der Waals surface area (Å²) in [7, 11) is 1.60. The molecule has 0 aromatic heterocycles. The molecule has 1 aliphatic rings. The quantitative estimate of drug-likeness (QED) is 0.689. The molecule has 1 aromatic carbocycles. The summed E-state index contributed by atoms with van der Waals surface area (Å²) < 4.78 is 10.6. The first-order chi connectivity index (χ1) is 6.20. The molecule has 69 valence electrons. The minimum Gasteiger partial charge on any atom is -0.493 e. The van der Waals surface area contributed by atoms with Crippen LogP contribution in [0.1, 0.15) is 5.56 Å². The molecule has 0 N–H and O–H groups in total. The number of hydrogen-bond donors (Lipinski definition) is 0. The van der Waals surface area contributed by atoms with Crippen molar-refractivity contribution in [1.82, 2.24) is 0 Å². The lowest BCUT2D eigenvalue weighted by atomic mass is 10.1. The summed E-state index contributed by atoms with van der Waals surface area (Å²) in [6.07, 6.45) is 0.772. The summed E-state index contributed by atoms with van der Waals surface area (Å²) in [5, 5.41) is 0.674. The van der Waals surface area contributed by atoms with Crippen molar-refractivity contribution in [3.05, 3.63) is 29.6 Å². The SMILES string of the molecule is [CH2]C1Cc2cc(Cl)cc(OC)c2O1. The predicted octanol–water partition coefficient (Wildman–Crippen LogP) is 2.49. The Balaban J connectivity index is 2.50. The van der Waals surface area contributed by atoms with Gasteiger partial charge in [0.15, 0.2) is 11.5 Å². The molecule has 2 nitrogen and oxygen atoms in total. The number of hydrogen-bond acceptors (Lipinski definition) is 2. The van der Waals surface area contributed by atoms with Gasteiger partial charge in [0, 0.05) is 23.1 Å². The summed E-state index contributed by atoms with van der Waals surface area (Å²) in [5.41, 5.74) is 1.07. The Bertz CT molecular complexity index is 336. The highest BCUT2D eigenvalue weighted by Crippen LogP contribution is 2.39. The molecule has 1 aliphatic heterocycles.